The molecule has 1 saturated heterocycles. The predicted octanol–water partition coefficient (Wildman–Crippen LogP) is 0.239. The first-order chi connectivity index (χ1) is 13.4. The van der Waals surface area contributed by atoms with Gasteiger partial charge in [-0.3, -0.25) is 9.79 Å². The number of nitrogens with zero attached hydrogens (tertiary/aromatic N) is 1. The molecule has 0 radical (unpaired) electrons. The molecule has 3 rings (SSSR count). The predicted molar refractivity (Wildman–Crippen MR) is 108 cm³/mol. The van der Waals surface area contributed by atoms with Crippen molar-refractivity contribution >= 4 is 21.7 Å². The molecule has 1 heterocycles. The fraction of sp³-hybridized carbons (Fsp3) is 0.579. The molecule has 0 bridgehead atoms. The Kier molecular flexibility index (Phi) is 6.77. The summed E-state index contributed by atoms with van der Waals surface area (Å²) in [6.45, 7) is 0.708. The van der Waals surface area contributed by atoms with Crippen LogP contribution in [-0.4, -0.2) is 64.1 Å². The molecule has 1 aromatic rings. The lowest BCUT2D eigenvalue weighted by Crippen LogP contribution is -2.44. The van der Waals surface area contributed by atoms with E-state index in [1.54, 1.807) is 7.05 Å². The smallest absolute Gasteiger partial charge is 0.258 e. The van der Waals surface area contributed by atoms with Gasteiger partial charge >= 0.3 is 0 Å². The van der Waals surface area contributed by atoms with Crippen molar-refractivity contribution in [3.8, 4) is 5.75 Å². The van der Waals surface area contributed by atoms with Crippen LogP contribution in [0.25, 0.3) is 0 Å². The first-order valence-electron chi connectivity index (χ1n) is 9.62. The van der Waals surface area contributed by atoms with Gasteiger partial charge in [0.15, 0.2) is 22.4 Å². The number of rotatable bonds is 8. The Morgan fingerprint density at radius 1 is 1.14 bits per heavy atom. The fourth-order valence-corrected chi connectivity index (χ4v) is 4.69. The zero-order valence-corrected chi connectivity index (χ0v) is 16.9. The number of nitrogens with one attached hydrogen (secondary N) is 3. The van der Waals surface area contributed by atoms with Gasteiger partial charge < -0.3 is 20.7 Å². The average Bonchev–Trinajstić information content (AvgIpc) is 3.41. The number of guanidine groups is 1. The summed E-state index contributed by atoms with van der Waals surface area (Å²) in [5.74, 6) is 1.60. The van der Waals surface area contributed by atoms with E-state index >= 15 is 0 Å². The van der Waals surface area contributed by atoms with Gasteiger partial charge in [0.1, 0.15) is 5.75 Å². The zero-order valence-electron chi connectivity index (χ0n) is 16.1. The Morgan fingerprint density at radius 2 is 1.89 bits per heavy atom. The van der Waals surface area contributed by atoms with Crippen molar-refractivity contribution in [2.24, 2.45) is 4.99 Å². The van der Waals surface area contributed by atoms with Crippen molar-refractivity contribution in [1.82, 2.24) is 16.0 Å². The number of amides is 1. The maximum absolute atomic E-state index is 11.6. The van der Waals surface area contributed by atoms with E-state index in [-0.39, 0.29) is 30.1 Å². The number of hydrogen-bond acceptors (Lipinski definition) is 5. The van der Waals surface area contributed by atoms with Crippen LogP contribution in [0.1, 0.15) is 24.8 Å². The normalized spacial score (nSPS) is 21.2. The van der Waals surface area contributed by atoms with Gasteiger partial charge in [0, 0.05) is 25.7 Å². The number of benzene rings is 1. The topological polar surface area (TPSA) is 109 Å². The van der Waals surface area contributed by atoms with E-state index in [1.807, 2.05) is 24.3 Å². The second-order valence-corrected chi connectivity index (χ2v) is 9.50. The first kappa shape index (κ1) is 20.4. The summed E-state index contributed by atoms with van der Waals surface area (Å²) < 4.78 is 28.6. The highest BCUT2D eigenvalue weighted by Crippen LogP contribution is 2.18. The van der Waals surface area contributed by atoms with Gasteiger partial charge in [-0.1, -0.05) is 12.1 Å². The van der Waals surface area contributed by atoms with Crippen LogP contribution in [0.2, 0.25) is 0 Å². The highest BCUT2D eigenvalue weighted by molar-refractivity contribution is 7.91. The molecule has 9 heteroatoms. The number of sulfone groups is 1. The number of carbonyl (C=O) groups excluding carboxylic acids is 1. The minimum absolute atomic E-state index is 0.0380. The lowest BCUT2D eigenvalue weighted by Gasteiger charge is -2.16. The summed E-state index contributed by atoms with van der Waals surface area (Å²) in [6.07, 6.45) is 3.53. The van der Waals surface area contributed by atoms with E-state index in [1.165, 1.54) is 0 Å². The number of hydrogen-bond donors (Lipinski definition) is 3. The molecule has 154 valence electrons. The third-order valence-corrected chi connectivity index (χ3v) is 6.51. The van der Waals surface area contributed by atoms with Crippen molar-refractivity contribution < 1.29 is 17.9 Å². The molecule has 28 heavy (non-hydrogen) atoms. The highest BCUT2D eigenvalue weighted by atomic mass is 32.2. The van der Waals surface area contributed by atoms with E-state index < -0.39 is 9.84 Å². The van der Waals surface area contributed by atoms with E-state index in [4.69, 9.17) is 4.74 Å². The van der Waals surface area contributed by atoms with Gasteiger partial charge in [-0.05, 0) is 43.4 Å². The molecule has 1 atom stereocenters. The molecule has 1 aliphatic heterocycles. The lowest BCUT2D eigenvalue weighted by atomic mass is 10.1. The van der Waals surface area contributed by atoms with Crippen molar-refractivity contribution in [2.45, 2.75) is 37.8 Å². The molecule has 2 aliphatic rings. The van der Waals surface area contributed by atoms with Gasteiger partial charge in [-0.25, -0.2) is 8.42 Å². The van der Waals surface area contributed by atoms with Crippen molar-refractivity contribution in [1.29, 1.82) is 0 Å². The summed E-state index contributed by atoms with van der Waals surface area (Å²) in [6, 6.07) is 7.91. The SMILES string of the molecule is CN=C(NCCc1ccc(OCC(=O)NC2CC2)cc1)NC1CCS(=O)(=O)C1. The van der Waals surface area contributed by atoms with Crippen LogP contribution >= 0.6 is 0 Å². The van der Waals surface area contributed by atoms with Crippen molar-refractivity contribution in [2.75, 3.05) is 31.7 Å². The van der Waals surface area contributed by atoms with Gasteiger partial charge in [0.25, 0.3) is 5.91 Å². The van der Waals surface area contributed by atoms with E-state index in [0.717, 1.165) is 24.8 Å². The molecular weight excluding hydrogens is 380 g/mol. The van der Waals surface area contributed by atoms with E-state index in [2.05, 4.69) is 20.9 Å². The largest absolute Gasteiger partial charge is 0.484 e. The maximum atomic E-state index is 11.6. The molecule has 0 aromatic heterocycles. The van der Waals surface area contributed by atoms with Crippen LogP contribution in [0, 0.1) is 0 Å². The first-order valence-corrected chi connectivity index (χ1v) is 11.4. The summed E-state index contributed by atoms with van der Waals surface area (Å²) in [5, 5.41) is 9.26. The number of ether oxygens (including phenoxy) is 1. The monoisotopic (exact) mass is 408 g/mol. The number of carbonyl (C=O) groups is 1. The Morgan fingerprint density at radius 3 is 2.50 bits per heavy atom. The molecular formula is C19H28N4O4S. The zero-order chi connectivity index (χ0) is 20.0. The Labute approximate surface area is 166 Å². The second-order valence-electron chi connectivity index (χ2n) is 7.27. The average molecular weight is 409 g/mol. The summed E-state index contributed by atoms with van der Waals surface area (Å²) in [7, 11) is -1.24. The Hall–Kier alpha value is -2.29. The van der Waals surface area contributed by atoms with Gasteiger partial charge in [0.2, 0.25) is 0 Å². The van der Waals surface area contributed by atoms with Gasteiger partial charge in [0.05, 0.1) is 11.5 Å². The third kappa shape index (κ3) is 6.70. The van der Waals surface area contributed by atoms with Crippen LogP contribution in [0.5, 0.6) is 5.75 Å². The van der Waals surface area contributed by atoms with Gasteiger partial charge in [-0.2, -0.15) is 0 Å². The Bertz CT molecular complexity index is 804. The molecule has 1 aromatic carbocycles. The molecule has 3 N–H and O–H groups in total. The molecule has 8 nitrogen and oxygen atoms in total. The van der Waals surface area contributed by atoms with E-state index in [9.17, 15) is 13.2 Å². The minimum Gasteiger partial charge on any atom is -0.484 e. The molecule has 2 fully saturated rings. The second kappa shape index (κ2) is 9.27. The fourth-order valence-electron chi connectivity index (χ4n) is 3.02. The minimum atomic E-state index is -2.91. The van der Waals surface area contributed by atoms with Crippen LogP contribution in [0.3, 0.4) is 0 Å². The molecule has 1 aliphatic carbocycles. The van der Waals surface area contributed by atoms with Crippen LogP contribution in [0.4, 0.5) is 0 Å². The van der Waals surface area contributed by atoms with E-state index in [0.29, 0.717) is 30.7 Å². The third-order valence-electron chi connectivity index (χ3n) is 4.74. The quantitative estimate of drug-likeness (QED) is 0.420. The summed E-state index contributed by atoms with van der Waals surface area (Å²) in [5.41, 5.74) is 1.13. The van der Waals surface area contributed by atoms with Crippen LogP contribution < -0.4 is 20.7 Å². The molecule has 1 unspecified atom stereocenters. The van der Waals surface area contributed by atoms with Crippen LogP contribution in [-0.2, 0) is 21.1 Å². The molecule has 0 spiro atoms. The molecule has 1 saturated carbocycles. The summed E-state index contributed by atoms with van der Waals surface area (Å²) >= 11 is 0. The maximum Gasteiger partial charge on any atom is 0.258 e. The number of aliphatic imine (C=N–C) groups is 1. The van der Waals surface area contributed by atoms with Crippen LogP contribution in [0.15, 0.2) is 29.3 Å². The summed E-state index contributed by atoms with van der Waals surface area (Å²) in [4.78, 5) is 15.8. The lowest BCUT2D eigenvalue weighted by molar-refractivity contribution is -0.123. The van der Waals surface area contributed by atoms with Gasteiger partial charge in [-0.15, -0.1) is 0 Å². The molecule has 1 amide bonds. The Balaban J connectivity index is 1.36. The van der Waals surface area contributed by atoms with Crippen molar-refractivity contribution in [3.63, 3.8) is 0 Å². The standard InChI is InChI=1S/C19H28N4O4S/c1-20-19(23-16-9-11-28(25,26)13-16)21-10-8-14-2-6-17(7-3-14)27-12-18(24)22-15-4-5-15/h2-3,6-7,15-16H,4-5,8-13H2,1H3,(H,22,24)(H2,20,21,23). The van der Waals surface area contributed by atoms with Crippen molar-refractivity contribution in [3.05, 3.63) is 29.8 Å². The highest BCUT2D eigenvalue weighted by Gasteiger charge is 2.28.